The zero-order valence-electron chi connectivity index (χ0n) is 11.8. The van der Waals surface area contributed by atoms with Crippen LogP contribution in [0.2, 0.25) is 0 Å². The van der Waals surface area contributed by atoms with Crippen molar-refractivity contribution >= 4 is 12.2 Å². The van der Waals surface area contributed by atoms with E-state index in [4.69, 9.17) is 12.2 Å². The van der Waals surface area contributed by atoms with Gasteiger partial charge in [0.05, 0.1) is 6.67 Å². The zero-order chi connectivity index (χ0) is 13.9. The summed E-state index contributed by atoms with van der Waals surface area (Å²) in [5.74, 6) is 0.772. The van der Waals surface area contributed by atoms with Crippen molar-refractivity contribution in [1.82, 2.24) is 19.2 Å². The molecule has 0 saturated carbocycles. The molecule has 20 heavy (non-hydrogen) atoms. The van der Waals surface area contributed by atoms with Crippen molar-refractivity contribution in [1.29, 1.82) is 0 Å². The van der Waals surface area contributed by atoms with Crippen molar-refractivity contribution in [2.75, 3.05) is 13.1 Å². The van der Waals surface area contributed by atoms with Crippen molar-refractivity contribution in [3.05, 3.63) is 41.4 Å². The summed E-state index contributed by atoms with van der Waals surface area (Å²) in [4.78, 5) is 2.44. The van der Waals surface area contributed by atoms with Crippen molar-refractivity contribution in [2.24, 2.45) is 5.92 Å². The average molecular weight is 288 g/mol. The van der Waals surface area contributed by atoms with Crippen LogP contribution in [0.3, 0.4) is 0 Å². The third kappa shape index (κ3) is 2.83. The van der Waals surface area contributed by atoms with E-state index in [1.165, 1.54) is 12.8 Å². The maximum atomic E-state index is 5.54. The van der Waals surface area contributed by atoms with Gasteiger partial charge in [-0.05, 0) is 49.7 Å². The molecule has 1 aromatic heterocycles. The summed E-state index contributed by atoms with van der Waals surface area (Å²) in [7, 11) is 0. The predicted octanol–water partition coefficient (Wildman–Crippen LogP) is 3.09. The van der Waals surface area contributed by atoms with Crippen molar-refractivity contribution in [2.45, 2.75) is 26.4 Å². The fraction of sp³-hybridized carbons (Fsp3) is 0.467. The molecule has 4 nitrogen and oxygen atoms in total. The second kappa shape index (κ2) is 5.89. The molecule has 1 fully saturated rings. The van der Waals surface area contributed by atoms with Crippen LogP contribution in [0.25, 0.3) is 5.69 Å². The van der Waals surface area contributed by atoms with Crippen LogP contribution in [0.15, 0.2) is 36.7 Å². The lowest BCUT2D eigenvalue weighted by molar-refractivity contribution is 0.138. The van der Waals surface area contributed by atoms with Crippen LogP contribution in [0.4, 0.5) is 0 Å². The zero-order valence-corrected chi connectivity index (χ0v) is 12.6. The van der Waals surface area contributed by atoms with E-state index >= 15 is 0 Å². The predicted molar refractivity (Wildman–Crippen MR) is 82.4 cm³/mol. The normalized spacial score (nSPS) is 20.1. The molecule has 2 heterocycles. The van der Waals surface area contributed by atoms with Gasteiger partial charge in [0.15, 0.2) is 0 Å². The summed E-state index contributed by atoms with van der Waals surface area (Å²) in [6, 6.07) is 10.1. The first kappa shape index (κ1) is 13.5. The van der Waals surface area contributed by atoms with Gasteiger partial charge in [0, 0.05) is 12.2 Å². The summed E-state index contributed by atoms with van der Waals surface area (Å²) in [5, 5.41) is 4.45. The third-order valence-electron chi connectivity index (χ3n) is 3.84. The van der Waals surface area contributed by atoms with Crippen molar-refractivity contribution < 1.29 is 0 Å². The second-order valence-corrected chi connectivity index (χ2v) is 5.95. The highest BCUT2D eigenvalue weighted by Gasteiger charge is 2.17. The Labute approximate surface area is 124 Å². The molecule has 5 heteroatoms. The fourth-order valence-electron chi connectivity index (χ4n) is 2.80. The van der Waals surface area contributed by atoms with Crippen molar-refractivity contribution in [3.8, 4) is 5.69 Å². The van der Waals surface area contributed by atoms with Gasteiger partial charge in [-0.25, -0.2) is 4.68 Å². The number of likely N-dealkylation sites (tertiary alicyclic amines) is 1. The molecule has 1 atom stereocenters. The Morgan fingerprint density at radius 2 is 2.10 bits per heavy atom. The van der Waals surface area contributed by atoms with E-state index in [1.807, 2.05) is 45.9 Å². The minimum Gasteiger partial charge on any atom is -0.284 e. The summed E-state index contributed by atoms with van der Waals surface area (Å²) in [5.41, 5.74) is 1.07. The minimum absolute atomic E-state index is 0.759. The molecule has 0 amide bonds. The first-order valence-electron chi connectivity index (χ1n) is 7.16. The quantitative estimate of drug-likeness (QED) is 0.812. The Kier molecular flexibility index (Phi) is 3.98. The Morgan fingerprint density at radius 3 is 2.85 bits per heavy atom. The van der Waals surface area contributed by atoms with E-state index in [9.17, 15) is 0 Å². The van der Waals surface area contributed by atoms with E-state index in [2.05, 4.69) is 16.9 Å². The largest absolute Gasteiger partial charge is 0.284 e. The van der Waals surface area contributed by atoms with Gasteiger partial charge in [-0.3, -0.25) is 9.47 Å². The van der Waals surface area contributed by atoms with E-state index < -0.39 is 0 Å². The molecule has 0 aliphatic carbocycles. The van der Waals surface area contributed by atoms with Gasteiger partial charge in [0.25, 0.3) is 0 Å². The van der Waals surface area contributed by atoms with Crippen molar-refractivity contribution in [3.63, 3.8) is 0 Å². The van der Waals surface area contributed by atoms with E-state index in [0.29, 0.717) is 0 Å². The lowest BCUT2D eigenvalue weighted by Gasteiger charge is -2.30. The number of rotatable bonds is 3. The fourth-order valence-corrected chi connectivity index (χ4v) is 3.06. The van der Waals surface area contributed by atoms with Crippen LogP contribution in [0.5, 0.6) is 0 Å². The highest BCUT2D eigenvalue weighted by Crippen LogP contribution is 2.16. The number of piperidine rings is 1. The topological polar surface area (TPSA) is 26.0 Å². The van der Waals surface area contributed by atoms with E-state index in [0.717, 1.165) is 36.1 Å². The number of nitrogens with zero attached hydrogens (tertiary/aromatic N) is 4. The monoisotopic (exact) mass is 288 g/mol. The van der Waals surface area contributed by atoms with Crippen LogP contribution in [-0.2, 0) is 6.67 Å². The second-order valence-electron chi connectivity index (χ2n) is 5.58. The smallest absolute Gasteiger partial charge is 0.203 e. The van der Waals surface area contributed by atoms with Gasteiger partial charge in [0.1, 0.15) is 6.33 Å². The molecule has 3 rings (SSSR count). The Morgan fingerprint density at radius 1 is 1.30 bits per heavy atom. The highest BCUT2D eigenvalue weighted by atomic mass is 32.1. The third-order valence-corrected chi connectivity index (χ3v) is 4.25. The maximum Gasteiger partial charge on any atom is 0.203 e. The molecular weight excluding hydrogens is 268 g/mol. The molecule has 1 aliphatic rings. The highest BCUT2D eigenvalue weighted by molar-refractivity contribution is 7.71. The number of aromatic nitrogens is 3. The standard InChI is InChI=1S/C15H20N4S/c1-13-6-5-9-17(10-13)12-19-15(20)18(11-16-19)14-7-3-2-4-8-14/h2-4,7-8,11,13H,5-6,9-10,12H2,1H3/t13-/m0/s1. The summed E-state index contributed by atoms with van der Waals surface area (Å²) < 4.78 is 4.64. The molecule has 0 radical (unpaired) electrons. The number of benzene rings is 1. The lowest BCUT2D eigenvalue weighted by Crippen LogP contribution is -2.36. The molecular formula is C15H20N4S. The molecule has 0 unspecified atom stereocenters. The molecule has 106 valence electrons. The Hall–Kier alpha value is -1.46. The van der Waals surface area contributed by atoms with Gasteiger partial charge < -0.3 is 0 Å². The Bertz CT molecular complexity index is 616. The van der Waals surface area contributed by atoms with E-state index in [-0.39, 0.29) is 0 Å². The van der Waals surface area contributed by atoms with Gasteiger partial charge in [-0.1, -0.05) is 25.1 Å². The summed E-state index contributed by atoms with van der Waals surface area (Å²) >= 11 is 5.54. The lowest BCUT2D eigenvalue weighted by atomic mass is 10.0. The van der Waals surface area contributed by atoms with Gasteiger partial charge >= 0.3 is 0 Å². The molecule has 1 aromatic carbocycles. The molecule has 0 spiro atoms. The van der Waals surface area contributed by atoms with Crippen LogP contribution in [-0.4, -0.2) is 32.3 Å². The number of hydrogen-bond acceptors (Lipinski definition) is 3. The summed E-state index contributed by atoms with van der Waals surface area (Å²) in [6.45, 7) is 5.39. The molecule has 0 N–H and O–H groups in total. The van der Waals surface area contributed by atoms with Crippen LogP contribution in [0.1, 0.15) is 19.8 Å². The maximum absolute atomic E-state index is 5.54. The molecule has 0 bridgehead atoms. The van der Waals surface area contributed by atoms with Crippen LogP contribution < -0.4 is 0 Å². The van der Waals surface area contributed by atoms with Gasteiger partial charge in [-0.15, -0.1) is 0 Å². The average Bonchev–Trinajstić information content (AvgIpc) is 2.81. The van der Waals surface area contributed by atoms with Crippen LogP contribution >= 0.6 is 12.2 Å². The number of hydrogen-bond donors (Lipinski definition) is 0. The SMILES string of the molecule is C[C@H]1CCCN(Cn2ncn(-c3ccccc3)c2=S)C1. The number of para-hydroxylation sites is 1. The first-order chi connectivity index (χ1) is 9.74. The molecule has 1 saturated heterocycles. The van der Waals surface area contributed by atoms with Gasteiger partial charge in [-0.2, -0.15) is 5.10 Å². The van der Waals surface area contributed by atoms with Crippen LogP contribution in [0, 0.1) is 10.7 Å². The van der Waals surface area contributed by atoms with Gasteiger partial charge in [0.2, 0.25) is 4.77 Å². The molecule has 1 aliphatic heterocycles. The summed E-state index contributed by atoms with van der Waals surface area (Å²) in [6.07, 6.45) is 4.42. The Balaban J connectivity index is 1.79. The minimum atomic E-state index is 0.759. The van der Waals surface area contributed by atoms with E-state index in [1.54, 1.807) is 0 Å². The molecule has 2 aromatic rings. The first-order valence-corrected chi connectivity index (χ1v) is 7.57.